The highest BCUT2D eigenvalue weighted by Gasteiger charge is 2.26. The summed E-state index contributed by atoms with van der Waals surface area (Å²) in [5.74, 6) is 0. The van der Waals surface area contributed by atoms with Gasteiger partial charge in [-0.2, -0.15) is 5.10 Å². The molecule has 0 atom stereocenters. The molecule has 23 heavy (non-hydrogen) atoms. The van der Waals surface area contributed by atoms with Crippen molar-refractivity contribution in [1.29, 1.82) is 0 Å². The van der Waals surface area contributed by atoms with Crippen LogP contribution >= 0.6 is 0 Å². The summed E-state index contributed by atoms with van der Waals surface area (Å²) in [5, 5.41) is 4.51. The van der Waals surface area contributed by atoms with Crippen molar-refractivity contribution in [3.8, 4) is 16.9 Å². The van der Waals surface area contributed by atoms with E-state index in [0.29, 0.717) is 5.69 Å². The molecule has 0 fully saturated rings. The van der Waals surface area contributed by atoms with Crippen LogP contribution in [-0.4, -0.2) is 36.6 Å². The molecule has 0 saturated heterocycles. The third kappa shape index (κ3) is 2.91. The average molecular weight is 327 g/mol. The Morgan fingerprint density at radius 3 is 2.04 bits per heavy atom. The Kier molecular flexibility index (Phi) is 4.02. The molecule has 0 radical (unpaired) electrons. The number of aromatic nitrogens is 2. The van der Waals surface area contributed by atoms with Gasteiger partial charge >= 0.3 is 0 Å². The lowest BCUT2D eigenvalue weighted by Gasteiger charge is -2.10. The van der Waals surface area contributed by atoms with Gasteiger partial charge in [-0.15, -0.1) is 0 Å². The fraction of sp³-hybridized carbons (Fsp3) is 0.118. The van der Waals surface area contributed by atoms with E-state index in [-0.39, 0.29) is 4.90 Å². The molecule has 0 aliphatic carbocycles. The highest BCUT2D eigenvalue weighted by Crippen LogP contribution is 2.28. The fourth-order valence-electron chi connectivity index (χ4n) is 2.25. The summed E-state index contributed by atoms with van der Waals surface area (Å²) in [6.07, 6.45) is 1.56. The van der Waals surface area contributed by atoms with Crippen molar-refractivity contribution in [2.75, 3.05) is 14.1 Å². The van der Waals surface area contributed by atoms with Gasteiger partial charge in [0.1, 0.15) is 10.6 Å². The van der Waals surface area contributed by atoms with Crippen LogP contribution in [-0.2, 0) is 10.0 Å². The second-order valence-corrected chi connectivity index (χ2v) is 7.40. The van der Waals surface area contributed by atoms with Crippen molar-refractivity contribution >= 4 is 10.0 Å². The van der Waals surface area contributed by atoms with Crippen LogP contribution in [0.5, 0.6) is 0 Å². The predicted octanol–water partition coefficient (Wildman–Crippen LogP) is 2.79. The molecule has 0 saturated carbocycles. The van der Waals surface area contributed by atoms with Crippen molar-refractivity contribution in [3.63, 3.8) is 0 Å². The summed E-state index contributed by atoms with van der Waals surface area (Å²) in [5.41, 5.74) is 2.02. The molecule has 0 aliphatic heterocycles. The average Bonchev–Trinajstić information content (AvgIpc) is 3.02. The van der Waals surface area contributed by atoms with Crippen molar-refractivity contribution in [2.24, 2.45) is 0 Å². The second kappa shape index (κ2) is 5.98. The Labute approximate surface area is 135 Å². The number of hydrogen-bond acceptors (Lipinski definition) is 3. The summed E-state index contributed by atoms with van der Waals surface area (Å²) in [6, 6.07) is 18.8. The number of nitrogens with zero attached hydrogens (tertiary/aromatic N) is 3. The van der Waals surface area contributed by atoms with Gasteiger partial charge in [0.25, 0.3) is 0 Å². The van der Waals surface area contributed by atoms with E-state index < -0.39 is 10.0 Å². The van der Waals surface area contributed by atoms with E-state index in [1.165, 1.54) is 18.4 Å². The second-order valence-electron chi connectivity index (χ2n) is 5.28. The van der Waals surface area contributed by atoms with Gasteiger partial charge in [0.05, 0.1) is 11.9 Å². The highest BCUT2D eigenvalue weighted by atomic mass is 32.2. The molecule has 3 rings (SSSR count). The fourth-order valence-corrected chi connectivity index (χ4v) is 3.28. The molecule has 3 aromatic rings. The van der Waals surface area contributed by atoms with Crippen LogP contribution in [0.25, 0.3) is 16.9 Å². The smallest absolute Gasteiger partial charge is 0.239 e. The van der Waals surface area contributed by atoms with Crippen LogP contribution in [0.2, 0.25) is 0 Å². The van der Waals surface area contributed by atoms with Crippen molar-refractivity contribution < 1.29 is 8.42 Å². The SMILES string of the molecule is CN(C)S(=O)(=O)c1cn(-c2ccccc2)nc1-c1ccccc1. The van der Waals surface area contributed by atoms with Gasteiger partial charge in [-0.3, -0.25) is 0 Å². The van der Waals surface area contributed by atoms with Gasteiger partial charge in [0, 0.05) is 19.7 Å². The molecule has 0 unspecified atom stereocenters. The quantitative estimate of drug-likeness (QED) is 0.740. The molecule has 0 aliphatic rings. The number of sulfonamides is 1. The molecule has 6 heteroatoms. The van der Waals surface area contributed by atoms with Crippen LogP contribution < -0.4 is 0 Å². The van der Waals surface area contributed by atoms with E-state index in [1.54, 1.807) is 10.9 Å². The zero-order valence-corrected chi connectivity index (χ0v) is 13.7. The maximum Gasteiger partial charge on any atom is 0.246 e. The molecule has 0 N–H and O–H groups in total. The predicted molar refractivity (Wildman–Crippen MR) is 89.9 cm³/mol. The van der Waals surface area contributed by atoms with Gasteiger partial charge < -0.3 is 0 Å². The molecule has 5 nitrogen and oxygen atoms in total. The number of hydrogen-bond donors (Lipinski definition) is 0. The molecule has 1 aromatic heterocycles. The minimum Gasteiger partial charge on any atom is -0.239 e. The highest BCUT2D eigenvalue weighted by molar-refractivity contribution is 7.89. The zero-order valence-electron chi connectivity index (χ0n) is 12.9. The van der Waals surface area contributed by atoms with E-state index in [9.17, 15) is 8.42 Å². The maximum absolute atomic E-state index is 12.6. The van der Waals surface area contributed by atoms with Crippen LogP contribution in [0, 0.1) is 0 Å². The topological polar surface area (TPSA) is 55.2 Å². The van der Waals surface area contributed by atoms with Gasteiger partial charge in [-0.05, 0) is 12.1 Å². The Morgan fingerprint density at radius 2 is 1.48 bits per heavy atom. The summed E-state index contributed by atoms with van der Waals surface area (Å²) < 4.78 is 28.1. The first-order valence-corrected chi connectivity index (χ1v) is 8.57. The Balaban J connectivity index is 2.24. The lowest BCUT2D eigenvalue weighted by Crippen LogP contribution is -2.22. The number of para-hydroxylation sites is 1. The van der Waals surface area contributed by atoms with Gasteiger partial charge in [-0.1, -0.05) is 48.5 Å². The first kappa shape index (κ1) is 15.5. The largest absolute Gasteiger partial charge is 0.246 e. The number of rotatable bonds is 4. The third-order valence-electron chi connectivity index (χ3n) is 3.51. The Morgan fingerprint density at radius 1 is 0.913 bits per heavy atom. The standard InChI is InChI=1S/C17H17N3O2S/c1-19(2)23(21,22)16-13-20(15-11-7-4-8-12-15)18-17(16)14-9-5-3-6-10-14/h3-13H,1-2H3. The van der Waals surface area contributed by atoms with E-state index >= 15 is 0 Å². The molecule has 0 bridgehead atoms. The summed E-state index contributed by atoms with van der Waals surface area (Å²) in [6.45, 7) is 0. The first-order valence-electron chi connectivity index (χ1n) is 7.13. The van der Waals surface area contributed by atoms with Crippen molar-refractivity contribution in [2.45, 2.75) is 4.90 Å². The van der Waals surface area contributed by atoms with Crippen LogP contribution in [0.15, 0.2) is 71.8 Å². The van der Waals surface area contributed by atoms with Crippen molar-refractivity contribution in [1.82, 2.24) is 14.1 Å². The minimum atomic E-state index is -3.59. The van der Waals surface area contributed by atoms with E-state index in [0.717, 1.165) is 11.3 Å². The molecule has 1 heterocycles. The lowest BCUT2D eigenvalue weighted by molar-refractivity contribution is 0.521. The molecule has 118 valence electrons. The minimum absolute atomic E-state index is 0.192. The summed E-state index contributed by atoms with van der Waals surface area (Å²) in [4.78, 5) is 0.192. The van der Waals surface area contributed by atoms with Crippen LogP contribution in [0.4, 0.5) is 0 Å². The van der Waals surface area contributed by atoms with Crippen molar-refractivity contribution in [3.05, 3.63) is 66.9 Å². The maximum atomic E-state index is 12.6. The third-order valence-corrected chi connectivity index (χ3v) is 5.32. The van der Waals surface area contributed by atoms with E-state index in [2.05, 4.69) is 5.10 Å². The van der Waals surface area contributed by atoms with Gasteiger partial charge in [0.15, 0.2) is 0 Å². The number of benzene rings is 2. The summed E-state index contributed by atoms with van der Waals surface area (Å²) in [7, 11) is -0.557. The lowest BCUT2D eigenvalue weighted by atomic mass is 10.2. The first-order chi connectivity index (χ1) is 11.0. The Bertz CT molecular complexity index is 902. The zero-order chi connectivity index (χ0) is 16.4. The molecular weight excluding hydrogens is 310 g/mol. The Hall–Kier alpha value is -2.44. The van der Waals surface area contributed by atoms with Gasteiger partial charge in [0.2, 0.25) is 10.0 Å². The summed E-state index contributed by atoms with van der Waals surface area (Å²) >= 11 is 0. The normalized spacial score (nSPS) is 11.8. The molecule has 0 spiro atoms. The van der Waals surface area contributed by atoms with Gasteiger partial charge in [-0.25, -0.2) is 17.4 Å². The molecule has 2 aromatic carbocycles. The van der Waals surface area contributed by atoms with E-state index in [1.807, 2.05) is 60.7 Å². The molecule has 0 amide bonds. The van der Waals surface area contributed by atoms with E-state index in [4.69, 9.17) is 0 Å². The van der Waals surface area contributed by atoms with Crippen LogP contribution in [0.1, 0.15) is 0 Å². The van der Waals surface area contributed by atoms with Crippen LogP contribution in [0.3, 0.4) is 0 Å². The molecular formula is C17H17N3O2S. The monoisotopic (exact) mass is 327 g/mol.